The first kappa shape index (κ1) is 9.83. The van der Waals surface area contributed by atoms with E-state index in [9.17, 15) is 4.79 Å². The summed E-state index contributed by atoms with van der Waals surface area (Å²) in [5.41, 5.74) is -0.286. The first-order valence-corrected chi connectivity index (χ1v) is 6.53. The fourth-order valence-corrected chi connectivity index (χ4v) is 3.72. The van der Waals surface area contributed by atoms with E-state index in [4.69, 9.17) is 4.74 Å². The number of Topliss-reactive ketones (excluding diaryl/α,β-unsaturated/α-hetero) is 1. The van der Waals surface area contributed by atoms with Crippen LogP contribution in [0.25, 0.3) is 0 Å². The molecule has 84 valence electrons. The van der Waals surface area contributed by atoms with Gasteiger partial charge >= 0.3 is 0 Å². The molecule has 3 rings (SSSR count). The minimum atomic E-state index is -0.287. The Morgan fingerprint density at radius 3 is 2.13 bits per heavy atom. The van der Waals surface area contributed by atoms with Gasteiger partial charge in [-0.15, -0.1) is 0 Å². The quantitative estimate of drug-likeness (QED) is 0.573. The third-order valence-corrected chi connectivity index (χ3v) is 4.61. The van der Waals surface area contributed by atoms with E-state index in [1.54, 1.807) is 0 Å². The highest BCUT2D eigenvalue weighted by Crippen LogP contribution is 2.61. The molecule has 2 heteroatoms. The molecule has 3 fully saturated rings. The molecule has 1 aliphatic heterocycles. The fraction of sp³-hybridized carbons (Fsp3) is 0.923. The molecular weight excluding hydrogens is 188 g/mol. The zero-order valence-electron chi connectivity index (χ0n) is 9.39. The number of hydrogen-bond acceptors (Lipinski definition) is 2. The largest absolute Gasteiger partial charge is 0.354 e. The van der Waals surface area contributed by atoms with Gasteiger partial charge in [-0.1, -0.05) is 32.1 Å². The summed E-state index contributed by atoms with van der Waals surface area (Å²) in [5, 5.41) is 0. The Balaban J connectivity index is 1.77. The molecule has 0 N–H and O–H groups in total. The molecule has 0 amide bonds. The zero-order valence-corrected chi connectivity index (χ0v) is 9.39. The highest BCUT2D eigenvalue weighted by atomic mass is 16.6. The lowest BCUT2D eigenvalue weighted by atomic mass is 9.80. The highest BCUT2D eigenvalue weighted by molar-refractivity contribution is 5.93. The van der Waals surface area contributed by atoms with Crippen molar-refractivity contribution in [3.63, 3.8) is 0 Å². The Bertz CT molecular complexity index is 276. The van der Waals surface area contributed by atoms with Gasteiger partial charge in [0, 0.05) is 6.42 Å². The molecule has 3 aliphatic rings. The molecule has 0 aromatic rings. The molecule has 0 radical (unpaired) electrons. The summed E-state index contributed by atoms with van der Waals surface area (Å²) in [6.07, 6.45) is 11.7. The molecule has 1 heterocycles. The molecule has 1 atom stereocenters. The van der Waals surface area contributed by atoms with Crippen LogP contribution in [0.3, 0.4) is 0 Å². The normalized spacial score (nSPS) is 39.3. The van der Waals surface area contributed by atoms with Crippen LogP contribution < -0.4 is 0 Å². The summed E-state index contributed by atoms with van der Waals surface area (Å²) < 4.78 is 5.99. The molecule has 2 nitrogen and oxygen atoms in total. The van der Waals surface area contributed by atoms with Gasteiger partial charge in [0.15, 0.2) is 11.4 Å². The van der Waals surface area contributed by atoms with Crippen molar-refractivity contribution < 1.29 is 9.53 Å². The Hall–Kier alpha value is -0.370. The average Bonchev–Trinajstić information content (AvgIpc) is 2.68. The van der Waals surface area contributed by atoms with Gasteiger partial charge in [0.1, 0.15) is 5.60 Å². The summed E-state index contributed by atoms with van der Waals surface area (Å²) in [6, 6.07) is 0. The topological polar surface area (TPSA) is 29.6 Å². The molecular formula is C13H20O2. The zero-order chi connectivity index (χ0) is 10.4. The lowest BCUT2D eigenvalue weighted by molar-refractivity contribution is -0.121. The molecule has 0 aromatic heterocycles. The average molecular weight is 208 g/mol. The number of hydrogen-bond donors (Lipinski definition) is 0. The molecule has 1 saturated heterocycles. The smallest absolute Gasteiger partial charge is 0.167 e. The maximum absolute atomic E-state index is 11.9. The fourth-order valence-electron chi connectivity index (χ4n) is 3.72. The van der Waals surface area contributed by atoms with E-state index in [2.05, 4.69) is 0 Å². The van der Waals surface area contributed by atoms with E-state index >= 15 is 0 Å². The van der Waals surface area contributed by atoms with Crippen molar-refractivity contribution in [2.75, 3.05) is 0 Å². The van der Waals surface area contributed by atoms with Crippen molar-refractivity contribution in [1.29, 1.82) is 0 Å². The van der Waals surface area contributed by atoms with Crippen LogP contribution in [0.1, 0.15) is 64.2 Å². The van der Waals surface area contributed by atoms with Gasteiger partial charge in [-0.25, -0.2) is 0 Å². The summed E-state index contributed by atoms with van der Waals surface area (Å²) >= 11 is 0. The Kier molecular flexibility index (Phi) is 2.17. The van der Waals surface area contributed by atoms with Crippen LogP contribution >= 0.6 is 0 Å². The molecule has 1 unspecified atom stereocenters. The van der Waals surface area contributed by atoms with E-state index in [1.807, 2.05) is 0 Å². The minimum absolute atomic E-state index is 0.000995. The standard InChI is InChI=1S/C13H20O2/c14-11-7-6-10-13(11)12(15-13)8-4-2-1-3-5-9-12/h1-10H2. The number of rotatable bonds is 0. The third kappa shape index (κ3) is 1.30. The number of carbonyl (C=O) groups is 1. The second kappa shape index (κ2) is 3.31. The van der Waals surface area contributed by atoms with Crippen LogP contribution in [0.2, 0.25) is 0 Å². The van der Waals surface area contributed by atoms with Gasteiger partial charge in [0.05, 0.1) is 0 Å². The van der Waals surface area contributed by atoms with Crippen molar-refractivity contribution in [2.24, 2.45) is 0 Å². The van der Waals surface area contributed by atoms with E-state index in [-0.39, 0.29) is 11.2 Å². The molecule has 0 aromatic carbocycles. The lowest BCUT2D eigenvalue weighted by Crippen LogP contribution is -2.30. The molecule has 2 aliphatic carbocycles. The minimum Gasteiger partial charge on any atom is -0.354 e. The SMILES string of the molecule is O=C1CCCC12OC21CCCCCCC1. The number of fused-ring (bicyclic) bond motifs is 1. The maximum atomic E-state index is 11.9. The van der Waals surface area contributed by atoms with Gasteiger partial charge in [0.2, 0.25) is 0 Å². The lowest BCUT2D eigenvalue weighted by Gasteiger charge is -2.18. The summed E-state index contributed by atoms with van der Waals surface area (Å²) in [7, 11) is 0. The van der Waals surface area contributed by atoms with Crippen LogP contribution in [-0.4, -0.2) is 17.0 Å². The van der Waals surface area contributed by atoms with Gasteiger partial charge in [-0.2, -0.15) is 0 Å². The van der Waals surface area contributed by atoms with Gasteiger partial charge in [-0.05, 0) is 25.7 Å². The van der Waals surface area contributed by atoms with E-state index < -0.39 is 0 Å². The Labute approximate surface area is 91.4 Å². The maximum Gasteiger partial charge on any atom is 0.167 e. The summed E-state index contributed by atoms with van der Waals surface area (Å²) in [4.78, 5) is 11.9. The van der Waals surface area contributed by atoms with E-state index in [0.717, 1.165) is 32.1 Å². The highest BCUT2D eigenvalue weighted by Gasteiger charge is 2.73. The van der Waals surface area contributed by atoms with E-state index in [0.29, 0.717) is 5.78 Å². The molecule has 2 saturated carbocycles. The first-order valence-electron chi connectivity index (χ1n) is 6.53. The molecule has 0 bridgehead atoms. The number of carbonyl (C=O) groups excluding carboxylic acids is 1. The van der Waals surface area contributed by atoms with Crippen LogP contribution in [0.4, 0.5) is 0 Å². The van der Waals surface area contributed by atoms with Crippen molar-refractivity contribution in [3.8, 4) is 0 Å². The number of ether oxygens (including phenoxy) is 1. The van der Waals surface area contributed by atoms with Crippen molar-refractivity contribution in [1.82, 2.24) is 0 Å². The molecule has 15 heavy (non-hydrogen) atoms. The monoisotopic (exact) mass is 208 g/mol. The summed E-state index contributed by atoms with van der Waals surface area (Å²) in [5.74, 6) is 0.406. The second-order valence-corrected chi connectivity index (χ2v) is 5.47. The molecule has 2 spiro atoms. The van der Waals surface area contributed by atoms with Crippen LogP contribution in [0.15, 0.2) is 0 Å². The number of ketones is 1. The van der Waals surface area contributed by atoms with Crippen molar-refractivity contribution in [3.05, 3.63) is 0 Å². The summed E-state index contributed by atoms with van der Waals surface area (Å²) in [6.45, 7) is 0. The Morgan fingerprint density at radius 2 is 1.53 bits per heavy atom. The number of epoxide rings is 1. The van der Waals surface area contributed by atoms with Crippen LogP contribution in [0.5, 0.6) is 0 Å². The van der Waals surface area contributed by atoms with Crippen molar-refractivity contribution in [2.45, 2.75) is 75.4 Å². The van der Waals surface area contributed by atoms with E-state index in [1.165, 1.54) is 32.1 Å². The first-order chi connectivity index (χ1) is 7.29. The third-order valence-electron chi connectivity index (χ3n) is 4.61. The predicted octanol–water partition coefficient (Wildman–Crippen LogP) is 2.99. The van der Waals surface area contributed by atoms with Gasteiger partial charge in [0.25, 0.3) is 0 Å². The van der Waals surface area contributed by atoms with Gasteiger partial charge < -0.3 is 4.74 Å². The van der Waals surface area contributed by atoms with Crippen molar-refractivity contribution >= 4 is 5.78 Å². The van der Waals surface area contributed by atoms with Crippen LogP contribution in [-0.2, 0) is 9.53 Å². The van der Waals surface area contributed by atoms with Crippen LogP contribution in [0, 0.1) is 0 Å². The predicted molar refractivity (Wildman–Crippen MR) is 57.7 cm³/mol. The second-order valence-electron chi connectivity index (χ2n) is 5.47. The van der Waals surface area contributed by atoms with Gasteiger partial charge in [-0.3, -0.25) is 4.79 Å². The Morgan fingerprint density at radius 1 is 0.867 bits per heavy atom.